The third kappa shape index (κ3) is 2.20. The van der Waals surface area contributed by atoms with Gasteiger partial charge in [-0.25, -0.2) is 4.98 Å². The normalized spacial score (nSPS) is 11.0. The van der Waals surface area contributed by atoms with E-state index in [1.165, 1.54) is 12.1 Å². The van der Waals surface area contributed by atoms with Crippen molar-refractivity contribution >= 4 is 11.3 Å². The monoisotopic (exact) mass is 308 g/mol. The van der Waals surface area contributed by atoms with Gasteiger partial charge in [0.1, 0.15) is 5.69 Å². The molecule has 23 heavy (non-hydrogen) atoms. The van der Waals surface area contributed by atoms with Gasteiger partial charge < -0.3 is 4.52 Å². The van der Waals surface area contributed by atoms with E-state index in [0.29, 0.717) is 22.7 Å². The Balaban J connectivity index is 1.73. The van der Waals surface area contributed by atoms with Crippen LogP contribution in [-0.4, -0.2) is 29.4 Å². The second kappa shape index (κ2) is 4.98. The molecular formula is C14H8N6O3. The summed E-state index contributed by atoms with van der Waals surface area (Å²) in [6.45, 7) is 0. The summed E-state index contributed by atoms with van der Waals surface area (Å²) in [5.41, 5.74) is 1.94. The molecule has 0 fully saturated rings. The standard InChI is InChI=1S/C14H8N6O3/c21-20(22)10-3-1-9(2-4-10)14-17-13(18-23-14)11-7-16-12-8-15-5-6-19(11)12/h1-8H. The SMILES string of the molecule is O=[N+]([O-])c1ccc(-c2nc(-c3cnc4cnccn34)no2)cc1. The zero-order chi connectivity index (χ0) is 15.8. The number of aromatic nitrogens is 5. The molecule has 0 spiro atoms. The van der Waals surface area contributed by atoms with Gasteiger partial charge in [0, 0.05) is 30.1 Å². The van der Waals surface area contributed by atoms with Crippen LogP contribution in [0.2, 0.25) is 0 Å². The molecule has 9 nitrogen and oxygen atoms in total. The zero-order valence-corrected chi connectivity index (χ0v) is 11.5. The van der Waals surface area contributed by atoms with Crippen molar-refractivity contribution < 1.29 is 9.45 Å². The van der Waals surface area contributed by atoms with Gasteiger partial charge in [-0.1, -0.05) is 5.16 Å². The molecule has 0 N–H and O–H groups in total. The van der Waals surface area contributed by atoms with E-state index in [-0.39, 0.29) is 11.6 Å². The Labute approximate surface area is 128 Å². The lowest BCUT2D eigenvalue weighted by atomic mass is 10.2. The van der Waals surface area contributed by atoms with Crippen molar-refractivity contribution in [2.24, 2.45) is 0 Å². The second-order valence-electron chi connectivity index (χ2n) is 4.68. The molecule has 3 aromatic heterocycles. The molecular weight excluding hydrogens is 300 g/mol. The smallest absolute Gasteiger partial charge is 0.269 e. The lowest BCUT2D eigenvalue weighted by molar-refractivity contribution is -0.384. The summed E-state index contributed by atoms with van der Waals surface area (Å²) in [5, 5.41) is 14.6. The molecule has 112 valence electrons. The molecule has 4 aromatic rings. The average molecular weight is 308 g/mol. The molecule has 0 saturated heterocycles. The van der Waals surface area contributed by atoms with Gasteiger partial charge in [-0.3, -0.25) is 19.5 Å². The number of hydrogen-bond donors (Lipinski definition) is 0. The van der Waals surface area contributed by atoms with Crippen LogP contribution < -0.4 is 0 Å². The van der Waals surface area contributed by atoms with Crippen LogP contribution in [0, 0.1) is 10.1 Å². The van der Waals surface area contributed by atoms with Crippen molar-refractivity contribution in [1.29, 1.82) is 0 Å². The first-order valence-corrected chi connectivity index (χ1v) is 6.58. The first-order valence-electron chi connectivity index (χ1n) is 6.58. The Hall–Kier alpha value is -3.62. The molecule has 1 aromatic carbocycles. The number of non-ortho nitro benzene ring substituents is 1. The molecule has 0 unspecified atom stereocenters. The van der Waals surface area contributed by atoms with Crippen molar-refractivity contribution in [2.75, 3.05) is 0 Å². The third-order valence-electron chi connectivity index (χ3n) is 3.30. The molecule has 0 aliphatic rings. The quantitative estimate of drug-likeness (QED) is 0.421. The molecule has 0 amide bonds. The van der Waals surface area contributed by atoms with E-state index in [9.17, 15) is 10.1 Å². The number of nitro benzene ring substituents is 1. The van der Waals surface area contributed by atoms with Crippen LogP contribution in [-0.2, 0) is 0 Å². The second-order valence-corrected chi connectivity index (χ2v) is 4.68. The Morgan fingerprint density at radius 1 is 1.17 bits per heavy atom. The van der Waals surface area contributed by atoms with Crippen LogP contribution in [0.5, 0.6) is 0 Å². The highest BCUT2D eigenvalue weighted by Gasteiger charge is 2.15. The van der Waals surface area contributed by atoms with Crippen LogP contribution in [0.3, 0.4) is 0 Å². The summed E-state index contributed by atoms with van der Waals surface area (Å²) in [4.78, 5) is 22.7. The highest BCUT2D eigenvalue weighted by atomic mass is 16.6. The number of rotatable bonds is 3. The van der Waals surface area contributed by atoms with E-state index in [2.05, 4.69) is 20.1 Å². The molecule has 0 radical (unpaired) electrons. The lowest BCUT2D eigenvalue weighted by Crippen LogP contribution is -1.90. The van der Waals surface area contributed by atoms with Gasteiger partial charge >= 0.3 is 0 Å². The van der Waals surface area contributed by atoms with Crippen molar-refractivity contribution in [3.8, 4) is 23.0 Å². The molecule has 4 rings (SSSR count). The maximum atomic E-state index is 10.7. The Morgan fingerprint density at radius 3 is 2.78 bits per heavy atom. The molecule has 3 heterocycles. The fraction of sp³-hybridized carbons (Fsp3) is 0. The van der Waals surface area contributed by atoms with E-state index >= 15 is 0 Å². The van der Waals surface area contributed by atoms with E-state index in [0.717, 1.165) is 0 Å². The summed E-state index contributed by atoms with van der Waals surface area (Å²) >= 11 is 0. The molecule has 0 bridgehead atoms. The van der Waals surface area contributed by atoms with Gasteiger partial charge in [-0.05, 0) is 12.1 Å². The average Bonchev–Trinajstić information content (AvgIpc) is 3.21. The first kappa shape index (κ1) is 13.1. The summed E-state index contributed by atoms with van der Waals surface area (Å²) in [5.74, 6) is 0.649. The Morgan fingerprint density at radius 2 is 2.00 bits per heavy atom. The minimum Gasteiger partial charge on any atom is -0.334 e. The van der Waals surface area contributed by atoms with Crippen LogP contribution in [0.1, 0.15) is 0 Å². The minimum absolute atomic E-state index is 0.00257. The van der Waals surface area contributed by atoms with Crippen molar-refractivity contribution in [3.05, 3.63) is 59.2 Å². The Bertz CT molecular complexity index is 1000. The van der Waals surface area contributed by atoms with Gasteiger partial charge in [-0.15, -0.1) is 0 Å². The van der Waals surface area contributed by atoms with Crippen LogP contribution in [0.4, 0.5) is 5.69 Å². The van der Waals surface area contributed by atoms with E-state index in [1.807, 2.05) is 0 Å². The van der Waals surface area contributed by atoms with Crippen LogP contribution in [0.15, 0.2) is 53.6 Å². The van der Waals surface area contributed by atoms with Gasteiger partial charge in [0.25, 0.3) is 11.6 Å². The van der Waals surface area contributed by atoms with Gasteiger partial charge in [0.05, 0.1) is 17.3 Å². The van der Waals surface area contributed by atoms with Gasteiger partial charge in [0.2, 0.25) is 5.82 Å². The molecule has 9 heteroatoms. The number of hydrogen-bond acceptors (Lipinski definition) is 7. The highest BCUT2D eigenvalue weighted by molar-refractivity contribution is 5.60. The van der Waals surface area contributed by atoms with Crippen LogP contribution in [0.25, 0.3) is 28.6 Å². The Kier molecular flexibility index (Phi) is 2.83. The largest absolute Gasteiger partial charge is 0.334 e. The maximum absolute atomic E-state index is 10.7. The molecule has 0 atom stereocenters. The lowest BCUT2D eigenvalue weighted by Gasteiger charge is -1.95. The molecule has 0 aliphatic heterocycles. The fourth-order valence-electron chi connectivity index (χ4n) is 2.18. The number of fused-ring (bicyclic) bond motifs is 1. The zero-order valence-electron chi connectivity index (χ0n) is 11.5. The van der Waals surface area contributed by atoms with Crippen LogP contribution >= 0.6 is 0 Å². The van der Waals surface area contributed by atoms with Crippen molar-refractivity contribution in [3.63, 3.8) is 0 Å². The summed E-state index contributed by atoms with van der Waals surface area (Å²) < 4.78 is 7.03. The molecule has 0 saturated carbocycles. The van der Waals surface area contributed by atoms with Gasteiger partial charge in [0.15, 0.2) is 5.65 Å². The van der Waals surface area contributed by atoms with E-state index in [4.69, 9.17) is 4.52 Å². The topological polar surface area (TPSA) is 112 Å². The van der Waals surface area contributed by atoms with Crippen molar-refractivity contribution in [1.82, 2.24) is 24.5 Å². The fourth-order valence-corrected chi connectivity index (χ4v) is 2.18. The summed E-state index contributed by atoms with van der Waals surface area (Å²) in [7, 11) is 0. The number of nitro groups is 1. The molecule has 0 aliphatic carbocycles. The number of nitrogens with zero attached hydrogens (tertiary/aromatic N) is 6. The predicted octanol–water partition coefficient (Wildman–Crippen LogP) is 2.35. The predicted molar refractivity (Wildman–Crippen MR) is 78.4 cm³/mol. The van der Waals surface area contributed by atoms with E-state index < -0.39 is 4.92 Å². The first-order chi connectivity index (χ1) is 11.2. The van der Waals surface area contributed by atoms with Crippen molar-refractivity contribution in [2.45, 2.75) is 0 Å². The third-order valence-corrected chi connectivity index (χ3v) is 3.30. The maximum Gasteiger partial charge on any atom is 0.269 e. The highest BCUT2D eigenvalue weighted by Crippen LogP contribution is 2.24. The number of imidazole rings is 1. The summed E-state index contributed by atoms with van der Waals surface area (Å²) in [6, 6.07) is 5.90. The summed E-state index contributed by atoms with van der Waals surface area (Å²) in [6.07, 6.45) is 6.64. The number of benzene rings is 1. The minimum atomic E-state index is -0.463. The van der Waals surface area contributed by atoms with E-state index in [1.54, 1.807) is 41.3 Å². The van der Waals surface area contributed by atoms with Gasteiger partial charge in [-0.2, -0.15) is 4.98 Å².